The maximum atomic E-state index is 12.9. The summed E-state index contributed by atoms with van der Waals surface area (Å²) >= 11 is 5.79. The second-order valence-corrected chi connectivity index (χ2v) is 10.6. The number of aromatic amines is 1. The molecule has 184 valence electrons. The smallest absolute Gasteiger partial charge is 0.352 e. The fourth-order valence-corrected chi connectivity index (χ4v) is 6.68. The lowest BCUT2D eigenvalue weighted by Crippen LogP contribution is -2.70. The molecule has 0 saturated carbocycles. The summed E-state index contributed by atoms with van der Waals surface area (Å²) in [6, 6.07) is 8.16. The van der Waals surface area contributed by atoms with E-state index in [0.29, 0.717) is 11.3 Å². The van der Waals surface area contributed by atoms with Gasteiger partial charge < -0.3 is 10.4 Å². The number of hydrogen-bond acceptors (Lipinski definition) is 8. The lowest BCUT2D eigenvalue weighted by molar-refractivity contribution is -0.150. The standard InChI is InChI=1S/C21H20BrN5O6S2/c1-2-26-18(31)16(29)24-25-21(26)35-9-11-8-34-19-13(17(30)27(19)14(11)20(32)33)23-15(28)12(22)10-6-4-3-5-7-10/h3-7,12-13,19H,2,8-9H2,1H3,(H,23,28)(H,24,29)(H,32,33)/t12?,13-,19+/m1/s1. The largest absolute Gasteiger partial charge is 0.477 e. The minimum absolute atomic E-state index is 0.134. The molecule has 1 fully saturated rings. The van der Waals surface area contributed by atoms with Gasteiger partial charge in [-0.3, -0.25) is 28.6 Å². The SMILES string of the molecule is CCn1c(SCC2=C(C(=O)O)N3C(=O)[C@@H](NC(=O)C(Br)c4ccccc4)[C@@H]3SC2)n[nH]c(=O)c1=O. The number of aromatic nitrogens is 3. The van der Waals surface area contributed by atoms with Gasteiger partial charge in [0.25, 0.3) is 5.91 Å². The molecule has 4 rings (SSSR count). The van der Waals surface area contributed by atoms with Gasteiger partial charge in [0.1, 0.15) is 21.9 Å². The average molecular weight is 582 g/mol. The first-order chi connectivity index (χ1) is 16.7. The number of nitrogens with zero attached hydrogens (tertiary/aromatic N) is 3. The quantitative estimate of drug-likeness (QED) is 0.178. The zero-order chi connectivity index (χ0) is 25.3. The Morgan fingerprint density at radius 2 is 2.03 bits per heavy atom. The van der Waals surface area contributed by atoms with Gasteiger partial charge in [0.2, 0.25) is 5.91 Å². The van der Waals surface area contributed by atoms with Crippen molar-refractivity contribution in [2.75, 3.05) is 11.5 Å². The molecular formula is C21H20BrN5O6S2. The molecule has 14 heteroatoms. The van der Waals surface area contributed by atoms with E-state index in [-0.39, 0.29) is 23.2 Å². The molecule has 0 spiro atoms. The maximum absolute atomic E-state index is 12.9. The highest BCUT2D eigenvalue weighted by molar-refractivity contribution is 9.09. The second-order valence-electron chi connectivity index (χ2n) is 7.60. The molecule has 2 aliphatic rings. The van der Waals surface area contributed by atoms with E-state index in [2.05, 4.69) is 31.4 Å². The third kappa shape index (κ3) is 4.82. The molecule has 0 radical (unpaired) electrons. The molecule has 2 aromatic rings. The van der Waals surface area contributed by atoms with Crippen molar-refractivity contribution in [2.45, 2.75) is 34.9 Å². The Kier molecular flexibility index (Phi) is 7.52. The number of β-lactam (4-membered cyclic amide) rings is 1. The molecule has 3 N–H and O–H groups in total. The molecule has 0 aliphatic carbocycles. The number of carbonyl (C=O) groups excluding carboxylic acids is 2. The fraction of sp³-hybridized carbons (Fsp3) is 0.333. The van der Waals surface area contributed by atoms with Gasteiger partial charge in [0.05, 0.1) is 0 Å². The van der Waals surface area contributed by atoms with Crippen LogP contribution in [0.1, 0.15) is 17.3 Å². The summed E-state index contributed by atoms with van der Waals surface area (Å²) in [6.07, 6.45) is 0. The number of carboxylic acid groups (broad SMARTS) is 1. The molecule has 2 aliphatic heterocycles. The van der Waals surface area contributed by atoms with E-state index in [0.717, 1.165) is 17.3 Å². The summed E-state index contributed by atoms with van der Waals surface area (Å²) in [5.41, 5.74) is -0.503. The van der Waals surface area contributed by atoms with Crippen LogP contribution in [0.15, 0.2) is 56.3 Å². The number of carbonyl (C=O) groups is 3. The number of H-pyrrole nitrogens is 1. The lowest BCUT2D eigenvalue weighted by Gasteiger charge is -2.49. The lowest BCUT2D eigenvalue weighted by atomic mass is 10.0. The Bertz CT molecular complexity index is 1330. The molecule has 1 saturated heterocycles. The summed E-state index contributed by atoms with van der Waals surface area (Å²) in [4.78, 5) is 61.7. The predicted molar refractivity (Wildman–Crippen MR) is 133 cm³/mol. The van der Waals surface area contributed by atoms with Crippen LogP contribution in [0.25, 0.3) is 0 Å². The Morgan fingerprint density at radius 1 is 1.31 bits per heavy atom. The number of rotatable bonds is 8. The van der Waals surface area contributed by atoms with Crippen LogP contribution in [0.4, 0.5) is 0 Å². The van der Waals surface area contributed by atoms with E-state index >= 15 is 0 Å². The van der Waals surface area contributed by atoms with Gasteiger partial charge in [0.15, 0.2) is 5.16 Å². The van der Waals surface area contributed by atoms with Crippen LogP contribution in [-0.2, 0) is 20.9 Å². The summed E-state index contributed by atoms with van der Waals surface area (Å²) in [5, 5.41) is 18.3. The molecular weight excluding hydrogens is 562 g/mol. The summed E-state index contributed by atoms with van der Waals surface area (Å²) < 4.78 is 1.20. The van der Waals surface area contributed by atoms with Crippen molar-refractivity contribution in [1.82, 2.24) is 25.0 Å². The van der Waals surface area contributed by atoms with Crippen molar-refractivity contribution < 1.29 is 19.5 Å². The number of halogens is 1. The van der Waals surface area contributed by atoms with Crippen molar-refractivity contribution in [2.24, 2.45) is 0 Å². The molecule has 2 amide bonds. The molecule has 3 heterocycles. The zero-order valence-corrected chi connectivity index (χ0v) is 21.5. The normalized spacial score (nSPS) is 20.2. The molecule has 1 aromatic carbocycles. The van der Waals surface area contributed by atoms with Crippen LogP contribution >= 0.6 is 39.5 Å². The van der Waals surface area contributed by atoms with Gasteiger partial charge in [-0.2, -0.15) is 0 Å². The monoisotopic (exact) mass is 581 g/mol. The van der Waals surface area contributed by atoms with Crippen LogP contribution < -0.4 is 16.4 Å². The number of carboxylic acids is 1. The number of amides is 2. The van der Waals surface area contributed by atoms with Crippen LogP contribution in [-0.4, -0.2) is 65.5 Å². The number of thioether (sulfide) groups is 2. The first-order valence-electron chi connectivity index (χ1n) is 10.5. The zero-order valence-electron chi connectivity index (χ0n) is 18.3. The van der Waals surface area contributed by atoms with E-state index in [4.69, 9.17) is 0 Å². The van der Waals surface area contributed by atoms with Crippen molar-refractivity contribution >= 4 is 57.2 Å². The first kappa shape index (κ1) is 25.3. The second kappa shape index (κ2) is 10.4. The number of alkyl halides is 1. The van der Waals surface area contributed by atoms with Crippen molar-refractivity contribution in [3.63, 3.8) is 0 Å². The molecule has 11 nitrogen and oxygen atoms in total. The molecule has 1 aromatic heterocycles. The molecule has 1 unspecified atom stereocenters. The Morgan fingerprint density at radius 3 is 2.69 bits per heavy atom. The van der Waals surface area contributed by atoms with Gasteiger partial charge in [-0.1, -0.05) is 58.0 Å². The van der Waals surface area contributed by atoms with Crippen molar-refractivity contribution in [3.05, 3.63) is 67.9 Å². The van der Waals surface area contributed by atoms with Gasteiger partial charge in [0, 0.05) is 18.1 Å². The Labute approximate surface area is 215 Å². The Balaban J connectivity index is 1.49. The van der Waals surface area contributed by atoms with Crippen LogP contribution in [0.2, 0.25) is 0 Å². The van der Waals surface area contributed by atoms with E-state index < -0.39 is 45.1 Å². The van der Waals surface area contributed by atoms with Crippen molar-refractivity contribution in [1.29, 1.82) is 0 Å². The number of fused-ring (bicyclic) bond motifs is 1. The summed E-state index contributed by atoms with van der Waals surface area (Å²) in [5.74, 6) is -1.69. The Hall–Kier alpha value is -2.84. The first-order valence-corrected chi connectivity index (χ1v) is 13.4. The maximum Gasteiger partial charge on any atom is 0.352 e. The number of aliphatic carboxylic acids is 1. The topological polar surface area (TPSA) is 154 Å². The third-order valence-corrected chi connectivity index (χ3v) is 8.83. The predicted octanol–water partition coefficient (Wildman–Crippen LogP) is 0.918. The molecule has 35 heavy (non-hydrogen) atoms. The van der Waals surface area contributed by atoms with Gasteiger partial charge in [-0.25, -0.2) is 9.89 Å². The highest BCUT2D eigenvalue weighted by Gasteiger charge is 2.54. The number of hydrogen-bond donors (Lipinski definition) is 3. The van der Waals surface area contributed by atoms with Gasteiger partial charge in [-0.05, 0) is 18.1 Å². The van der Waals surface area contributed by atoms with Gasteiger partial charge in [-0.15, -0.1) is 16.9 Å². The van der Waals surface area contributed by atoms with E-state index in [9.17, 15) is 29.1 Å². The van der Waals surface area contributed by atoms with Crippen molar-refractivity contribution in [3.8, 4) is 0 Å². The van der Waals surface area contributed by atoms with E-state index in [1.165, 1.54) is 21.2 Å². The number of benzene rings is 1. The third-order valence-electron chi connectivity index (χ3n) is 5.49. The highest BCUT2D eigenvalue weighted by Crippen LogP contribution is 2.41. The van der Waals surface area contributed by atoms with E-state index in [1.807, 2.05) is 6.07 Å². The minimum Gasteiger partial charge on any atom is -0.477 e. The average Bonchev–Trinajstić information content (AvgIpc) is 2.87. The summed E-state index contributed by atoms with van der Waals surface area (Å²) in [6.45, 7) is 1.92. The fourth-order valence-electron chi connectivity index (χ4n) is 3.75. The molecule has 0 bridgehead atoms. The highest BCUT2D eigenvalue weighted by atomic mass is 79.9. The van der Waals surface area contributed by atoms with Crippen LogP contribution in [0.3, 0.4) is 0 Å². The summed E-state index contributed by atoms with van der Waals surface area (Å²) in [7, 11) is 0. The molecule has 3 atom stereocenters. The van der Waals surface area contributed by atoms with Crippen LogP contribution in [0.5, 0.6) is 0 Å². The minimum atomic E-state index is -1.26. The number of nitrogens with one attached hydrogen (secondary N) is 2. The van der Waals surface area contributed by atoms with E-state index in [1.54, 1.807) is 31.2 Å². The van der Waals surface area contributed by atoms with Gasteiger partial charge >= 0.3 is 17.1 Å². The van der Waals surface area contributed by atoms with Crippen LogP contribution in [0, 0.1) is 0 Å².